The third-order valence-electron chi connectivity index (χ3n) is 3.71. The van der Waals surface area contributed by atoms with Gasteiger partial charge in [0.2, 0.25) is 0 Å². The molecule has 0 saturated carbocycles. The third kappa shape index (κ3) is 2.82. The Kier molecular flexibility index (Phi) is 3.56. The highest BCUT2D eigenvalue weighted by atomic mass is 14.9. The molecule has 0 spiro atoms. The topological polar surface area (TPSA) is 51.8 Å². The molecule has 1 atom stereocenters. The average Bonchev–Trinajstić information content (AvgIpc) is 2.48. The zero-order valence-electron chi connectivity index (χ0n) is 11.0. The molecule has 3 heteroatoms. The first-order valence-corrected chi connectivity index (χ1v) is 6.97. The highest BCUT2D eigenvalue weighted by Gasteiger charge is 2.15. The van der Waals surface area contributed by atoms with E-state index in [-0.39, 0.29) is 6.04 Å². The number of aromatic nitrogens is 2. The van der Waals surface area contributed by atoms with Gasteiger partial charge in [-0.15, -0.1) is 0 Å². The van der Waals surface area contributed by atoms with Crippen molar-refractivity contribution >= 4 is 0 Å². The van der Waals surface area contributed by atoms with Crippen molar-refractivity contribution in [1.82, 2.24) is 9.97 Å². The molecule has 0 bridgehead atoms. The van der Waals surface area contributed by atoms with Gasteiger partial charge < -0.3 is 5.73 Å². The number of hydrogen-bond acceptors (Lipinski definition) is 3. The molecule has 3 rings (SSSR count). The quantitative estimate of drug-likeness (QED) is 0.914. The van der Waals surface area contributed by atoms with Crippen molar-refractivity contribution < 1.29 is 0 Å². The molecule has 98 valence electrons. The Morgan fingerprint density at radius 3 is 2.74 bits per heavy atom. The highest BCUT2D eigenvalue weighted by molar-refractivity contribution is 5.22. The van der Waals surface area contributed by atoms with Crippen molar-refractivity contribution in [1.29, 1.82) is 0 Å². The number of benzene rings is 1. The van der Waals surface area contributed by atoms with Crippen LogP contribution in [0.15, 0.2) is 36.5 Å². The summed E-state index contributed by atoms with van der Waals surface area (Å²) in [6.45, 7) is 0. The fourth-order valence-electron chi connectivity index (χ4n) is 2.63. The lowest BCUT2D eigenvalue weighted by molar-refractivity contribution is 0.619. The first kappa shape index (κ1) is 12.3. The molecule has 3 nitrogen and oxygen atoms in total. The van der Waals surface area contributed by atoms with Crippen LogP contribution in [0.25, 0.3) is 0 Å². The van der Waals surface area contributed by atoms with Gasteiger partial charge in [0.05, 0.1) is 6.04 Å². The van der Waals surface area contributed by atoms with Crippen LogP contribution in [0.5, 0.6) is 0 Å². The smallest absolute Gasteiger partial charge is 0.145 e. The average molecular weight is 253 g/mol. The summed E-state index contributed by atoms with van der Waals surface area (Å²) in [5.41, 5.74) is 9.98. The number of nitrogens with zero attached hydrogens (tertiary/aromatic N) is 2. The van der Waals surface area contributed by atoms with Crippen molar-refractivity contribution in [3.8, 4) is 0 Å². The Morgan fingerprint density at radius 1 is 1.11 bits per heavy atom. The molecule has 1 unspecified atom stereocenters. The van der Waals surface area contributed by atoms with Crippen LogP contribution in [-0.4, -0.2) is 9.97 Å². The fourth-order valence-corrected chi connectivity index (χ4v) is 2.63. The first-order chi connectivity index (χ1) is 9.33. The maximum Gasteiger partial charge on any atom is 0.145 e. The first-order valence-electron chi connectivity index (χ1n) is 6.97. The summed E-state index contributed by atoms with van der Waals surface area (Å²) in [4.78, 5) is 9.13. The van der Waals surface area contributed by atoms with E-state index in [1.54, 1.807) is 0 Å². The molecule has 2 aromatic rings. The van der Waals surface area contributed by atoms with Crippen LogP contribution >= 0.6 is 0 Å². The molecule has 0 radical (unpaired) electrons. The van der Waals surface area contributed by atoms with Crippen molar-refractivity contribution in [2.45, 2.75) is 38.1 Å². The van der Waals surface area contributed by atoms with Crippen LogP contribution in [0.1, 0.15) is 41.5 Å². The van der Waals surface area contributed by atoms with Crippen LogP contribution in [0.2, 0.25) is 0 Å². The standard InChI is InChI=1S/C16H19N3/c17-14(10-12-6-2-1-3-7-12)16-18-11-13-8-4-5-9-15(13)19-16/h1-3,6-7,11,14H,4-5,8-10,17H2. The van der Waals surface area contributed by atoms with Gasteiger partial charge >= 0.3 is 0 Å². The second kappa shape index (κ2) is 5.49. The second-order valence-electron chi connectivity index (χ2n) is 5.20. The van der Waals surface area contributed by atoms with Crippen molar-refractivity contribution in [2.75, 3.05) is 0 Å². The number of rotatable bonds is 3. The zero-order valence-corrected chi connectivity index (χ0v) is 11.0. The minimum absolute atomic E-state index is 0.116. The minimum atomic E-state index is -0.116. The molecule has 0 aliphatic heterocycles. The van der Waals surface area contributed by atoms with Gasteiger partial charge in [-0.25, -0.2) is 9.97 Å². The minimum Gasteiger partial charge on any atom is -0.321 e. The molecule has 0 amide bonds. The Bertz CT molecular complexity index is 551. The van der Waals surface area contributed by atoms with Gasteiger partial charge in [-0.1, -0.05) is 30.3 Å². The molecular formula is C16H19N3. The van der Waals surface area contributed by atoms with Gasteiger partial charge in [-0.2, -0.15) is 0 Å². The molecule has 1 aromatic carbocycles. The van der Waals surface area contributed by atoms with E-state index < -0.39 is 0 Å². The molecule has 0 fully saturated rings. The van der Waals surface area contributed by atoms with Crippen molar-refractivity contribution in [3.63, 3.8) is 0 Å². The summed E-state index contributed by atoms with van der Waals surface area (Å²) in [5.74, 6) is 0.782. The molecule has 0 saturated heterocycles. The predicted molar refractivity (Wildman–Crippen MR) is 75.7 cm³/mol. The molecule has 2 N–H and O–H groups in total. The normalized spacial score (nSPS) is 15.8. The SMILES string of the molecule is NC(Cc1ccccc1)c1ncc2c(n1)CCCC2. The number of nitrogens with two attached hydrogens (primary N) is 1. The molecule has 1 aromatic heterocycles. The van der Waals surface area contributed by atoms with Gasteiger partial charge in [-0.3, -0.25) is 0 Å². The van der Waals surface area contributed by atoms with E-state index in [0.29, 0.717) is 0 Å². The Labute approximate surface area is 113 Å². The van der Waals surface area contributed by atoms with Crippen molar-refractivity contribution in [3.05, 3.63) is 59.2 Å². The van der Waals surface area contributed by atoms with E-state index in [2.05, 4.69) is 22.1 Å². The maximum absolute atomic E-state index is 6.24. The summed E-state index contributed by atoms with van der Waals surface area (Å²) in [6.07, 6.45) is 7.44. The molecule has 19 heavy (non-hydrogen) atoms. The Hall–Kier alpha value is -1.74. The summed E-state index contributed by atoms with van der Waals surface area (Å²) < 4.78 is 0. The molecule has 1 heterocycles. The van der Waals surface area contributed by atoms with Crippen LogP contribution in [0.3, 0.4) is 0 Å². The van der Waals surface area contributed by atoms with E-state index in [0.717, 1.165) is 25.1 Å². The van der Waals surface area contributed by atoms with Crippen molar-refractivity contribution in [2.24, 2.45) is 5.73 Å². The largest absolute Gasteiger partial charge is 0.321 e. The van der Waals surface area contributed by atoms with Gasteiger partial charge in [0.25, 0.3) is 0 Å². The van der Waals surface area contributed by atoms with E-state index in [1.165, 1.54) is 29.7 Å². The van der Waals surface area contributed by atoms with E-state index in [4.69, 9.17) is 5.73 Å². The second-order valence-corrected chi connectivity index (χ2v) is 5.20. The summed E-state index contributed by atoms with van der Waals surface area (Å²) in [5, 5.41) is 0. The zero-order chi connectivity index (χ0) is 13.1. The lowest BCUT2D eigenvalue weighted by Crippen LogP contribution is -2.19. The number of fused-ring (bicyclic) bond motifs is 1. The van der Waals surface area contributed by atoms with Gasteiger partial charge in [0.1, 0.15) is 5.82 Å². The summed E-state index contributed by atoms with van der Waals surface area (Å²) in [7, 11) is 0. The van der Waals surface area contributed by atoms with Crippen LogP contribution in [0.4, 0.5) is 0 Å². The monoisotopic (exact) mass is 253 g/mol. The lowest BCUT2D eigenvalue weighted by atomic mass is 9.97. The molecular weight excluding hydrogens is 234 g/mol. The highest BCUT2D eigenvalue weighted by Crippen LogP contribution is 2.20. The van der Waals surface area contributed by atoms with Crippen LogP contribution in [0, 0.1) is 0 Å². The van der Waals surface area contributed by atoms with Crippen LogP contribution < -0.4 is 5.73 Å². The number of hydrogen-bond donors (Lipinski definition) is 1. The van der Waals surface area contributed by atoms with E-state index in [9.17, 15) is 0 Å². The van der Waals surface area contributed by atoms with E-state index in [1.807, 2.05) is 24.4 Å². The summed E-state index contributed by atoms with van der Waals surface area (Å²) in [6, 6.07) is 10.2. The third-order valence-corrected chi connectivity index (χ3v) is 3.71. The fraction of sp³-hybridized carbons (Fsp3) is 0.375. The van der Waals surface area contributed by atoms with Crippen LogP contribution in [-0.2, 0) is 19.3 Å². The lowest BCUT2D eigenvalue weighted by Gasteiger charge is -2.17. The number of aryl methyl sites for hydroxylation is 2. The Balaban J connectivity index is 1.78. The molecule has 1 aliphatic rings. The van der Waals surface area contributed by atoms with E-state index >= 15 is 0 Å². The Morgan fingerprint density at radius 2 is 1.89 bits per heavy atom. The van der Waals surface area contributed by atoms with Gasteiger partial charge in [0.15, 0.2) is 0 Å². The van der Waals surface area contributed by atoms with Gasteiger partial charge in [-0.05, 0) is 43.2 Å². The summed E-state index contributed by atoms with van der Waals surface area (Å²) >= 11 is 0. The maximum atomic E-state index is 6.24. The van der Waals surface area contributed by atoms with Gasteiger partial charge in [0, 0.05) is 11.9 Å². The predicted octanol–water partition coefficient (Wildman–Crippen LogP) is 2.60. The molecule has 1 aliphatic carbocycles.